The standard InChI is InChI=1S/C16H10FN3O/c17-12-4-2-6-14(11(12)9-18)21-15-7-8-20-16-10(15)3-1-5-13(16)19/h1-8H,19H2. The van der Waals surface area contributed by atoms with Gasteiger partial charge in [0.1, 0.15) is 28.9 Å². The van der Waals surface area contributed by atoms with Crippen LogP contribution in [-0.4, -0.2) is 4.98 Å². The molecule has 0 fully saturated rings. The van der Waals surface area contributed by atoms with E-state index < -0.39 is 5.82 Å². The first kappa shape index (κ1) is 12.9. The molecule has 4 nitrogen and oxygen atoms in total. The number of fused-ring (bicyclic) bond motifs is 1. The molecule has 0 aliphatic heterocycles. The molecule has 2 aromatic carbocycles. The van der Waals surface area contributed by atoms with E-state index >= 15 is 0 Å². The zero-order valence-electron chi connectivity index (χ0n) is 10.9. The number of rotatable bonds is 2. The van der Waals surface area contributed by atoms with Crippen LogP contribution in [0.15, 0.2) is 48.7 Å². The number of nitriles is 1. The molecule has 0 bridgehead atoms. The number of ether oxygens (including phenoxy) is 1. The van der Waals surface area contributed by atoms with E-state index in [1.54, 1.807) is 42.6 Å². The number of anilines is 1. The van der Waals surface area contributed by atoms with Gasteiger partial charge in [0.25, 0.3) is 0 Å². The predicted octanol–water partition coefficient (Wildman–Crippen LogP) is 3.62. The molecular weight excluding hydrogens is 269 g/mol. The smallest absolute Gasteiger partial charge is 0.148 e. The van der Waals surface area contributed by atoms with Gasteiger partial charge in [0.2, 0.25) is 0 Å². The van der Waals surface area contributed by atoms with Gasteiger partial charge in [0.15, 0.2) is 0 Å². The van der Waals surface area contributed by atoms with E-state index in [-0.39, 0.29) is 11.3 Å². The fraction of sp³-hybridized carbons (Fsp3) is 0. The quantitative estimate of drug-likeness (QED) is 0.727. The summed E-state index contributed by atoms with van der Waals surface area (Å²) in [5, 5.41) is 9.73. The van der Waals surface area contributed by atoms with Gasteiger partial charge in [-0.05, 0) is 30.3 Å². The van der Waals surface area contributed by atoms with Crippen molar-refractivity contribution in [3.8, 4) is 17.6 Å². The van der Waals surface area contributed by atoms with Crippen molar-refractivity contribution < 1.29 is 9.13 Å². The van der Waals surface area contributed by atoms with Crippen LogP contribution in [0, 0.1) is 17.1 Å². The van der Waals surface area contributed by atoms with Crippen LogP contribution in [0.3, 0.4) is 0 Å². The molecule has 0 amide bonds. The highest BCUT2D eigenvalue weighted by Crippen LogP contribution is 2.32. The van der Waals surface area contributed by atoms with Crippen LogP contribution in [-0.2, 0) is 0 Å². The van der Waals surface area contributed by atoms with Crippen LogP contribution in [0.4, 0.5) is 10.1 Å². The average Bonchev–Trinajstić information content (AvgIpc) is 2.49. The molecule has 1 heterocycles. The van der Waals surface area contributed by atoms with E-state index in [2.05, 4.69) is 4.98 Å². The third kappa shape index (κ3) is 2.23. The van der Waals surface area contributed by atoms with Gasteiger partial charge in [-0.1, -0.05) is 12.1 Å². The molecule has 3 aromatic rings. The van der Waals surface area contributed by atoms with E-state index in [4.69, 9.17) is 15.7 Å². The Morgan fingerprint density at radius 2 is 1.90 bits per heavy atom. The lowest BCUT2D eigenvalue weighted by Gasteiger charge is -2.10. The highest BCUT2D eigenvalue weighted by molar-refractivity contribution is 5.93. The van der Waals surface area contributed by atoms with Crippen molar-refractivity contribution in [2.45, 2.75) is 0 Å². The largest absolute Gasteiger partial charge is 0.455 e. The van der Waals surface area contributed by atoms with Crippen LogP contribution >= 0.6 is 0 Å². The molecule has 5 heteroatoms. The maximum atomic E-state index is 13.6. The fourth-order valence-corrected chi connectivity index (χ4v) is 2.08. The molecule has 0 saturated heterocycles. The maximum absolute atomic E-state index is 13.6. The van der Waals surface area contributed by atoms with Crippen molar-refractivity contribution in [2.75, 3.05) is 5.73 Å². The Morgan fingerprint density at radius 1 is 1.10 bits per heavy atom. The summed E-state index contributed by atoms with van der Waals surface area (Å²) in [4.78, 5) is 4.20. The Hall–Kier alpha value is -3.13. The Bertz CT molecular complexity index is 871. The normalized spacial score (nSPS) is 10.3. The molecule has 0 aliphatic rings. The second-order valence-electron chi connectivity index (χ2n) is 4.38. The van der Waals surface area contributed by atoms with Gasteiger partial charge >= 0.3 is 0 Å². The van der Waals surface area contributed by atoms with Gasteiger partial charge in [-0.25, -0.2) is 4.39 Å². The van der Waals surface area contributed by atoms with Crippen LogP contribution in [0.25, 0.3) is 10.9 Å². The van der Waals surface area contributed by atoms with Gasteiger partial charge in [0, 0.05) is 11.6 Å². The molecular formula is C16H10FN3O. The number of aromatic nitrogens is 1. The van der Waals surface area contributed by atoms with Crippen molar-refractivity contribution in [3.05, 3.63) is 60.0 Å². The van der Waals surface area contributed by atoms with Crippen LogP contribution in [0.2, 0.25) is 0 Å². The molecule has 0 saturated carbocycles. The number of hydrogen-bond donors (Lipinski definition) is 1. The van der Waals surface area contributed by atoms with E-state index in [0.29, 0.717) is 22.3 Å². The summed E-state index contributed by atoms with van der Waals surface area (Å²) < 4.78 is 19.3. The zero-order chi connectivity index (χ0) is 14.8. The van der Waals surface area contributed by atoms with E-state index in [1.165, 1.54) is 12.1 Å². The molecule has 0 spiro atoms. The summed E-state index contributed by atoms with van der Waals surface area (Å²) in [5.74, 6) is 0.00898. The molecule has 0 radical (unpaired) electrons. The third-order valence-electron chi connectivity index (χ3n) is 3.07. The molecule has 0 aliphatic carbocycles. The summed E-state index contributed by atoms with van der Waals surface area (Å²) in [7, 11) is 0. The van der Waals surface area contributed by atoms with Gasteiger partial charge < -0.3 is 10.5 Å². The number of nitrogens with two attached hydrogens (primary N) is 1. The zero-order valence-corrected chi connectivity index (χ0v) is 10.9. The lowest BCUT2D eigenvalue weighted by molar-refractivity contribution is 0.479. The summed E-state index contributed by atoms with van der Waals surface area (Å²) in [6.45, 7) is 0. The summed E-state index contributed by atoms with van der Waals surface area (Å²) in [6.07, 6.45) is 1.55. The summed E-state index contributed by atoms with van der Waals surface area (Å²) in [5.41, 5.74) is 6.86. The van der Waals surface area contributed by atoms with Crippen LogP contribution in [0.1, 0.15) is 5.56 Å². The van der Waals surface area contributed by atoms with Crippen LogP contribution < -0.4 is 10.5 Å². The van der Waals surface area contributed by atoms with Crippen molar-refractivity contribution >= 4 is 16.6 Å². The number of nitrogen functional groups attached to an aromatic ring is 1. The Morgan fingerprint density at radius 3 is 2.71 bits per heavy atom. The minimum atomic E-state index is -0.618. The number of para-hydroxylation sites is 1. The minimum absolute atomic E-state index is 0.133. The van der Waals surface area contributed by atoms with Crippen molar-refractivity contribution in [1.29, 1.82) is 5.26 Å². The number of pyridine rings is 1. The molecule has 102 valence electrons. The van der Waals surface area contributed by atoms with E-state index in [1.807, 2.05) is 0 Å². The third-order valence-corrected chi connectivity index (χ3v) is 3.07. The Labute approximate surface area is 120 Å². The molecule has 3 rings (SSSR count). The molecule has 0 unspecified atom stereocenters. The van der Waals surface area contributed by atoms with E-state index in [9.17, 15) is 4.39 Å². The van der Waals surface area contributed by atoms with Crippen molar-refractivity contribution in [3.63, 3.8) is 0 Å². The molecule has 1 aromatic heterocycles. The number of nitrogens with zero attached hydrogens (tertiary/aromatic N) is 2. The minimum Gasteiger partial charge on any atom is -0.455 e. The SMILES string of the molecule is N#Cc1c(F)cccc1Oc1ccnc2c(N)cccc12. The first-order valence-corrected chi connectivity index (χ1v) is 6.20. The average molecular weight is 279 g/mol. The Kier molecular flexibility index (Phi) is 3.13. The van der Waals surface area contributed by atoms with Crippen molar-refractivity contribution in [1.82, 2.24) is 4.98 Å². The van der Waals surface area contributed by atoms with Gasteiger partial charge in [-0.3, -0.25) is 4.98 Å². The Balaban J connectivity index is 2.14. The van der Waals surface area contributed by atoms with Gasteiger partial charge in [-0.15, -0.1) is 0 Å². The predicted molar refractivity (Wildman–Crippen MR) is 77.3 cm³/mol. The number of halogens is 1. The lowest BCUT2D eigenvalue weighted by Crippen LogP contribution is -1.94. The second-order valence-corrected chi connectivity index (χ2v) is 4.38. The number of hydrogen-bond acceptors (Lipinski definition) is 4. The summed E-state index contributed by atoms with van der Waals surface area (Å²) >= 11 is 0. The topological polar surface area (TPSA) is 71.9 Å². The van der Waals surface area contributed by atoms with Gasteiger partial charge in [-0.2, -0.15) is 5.26 Å². The first-order valence-electron chi connectivity index (χ1n) is 6.20. The highest BCUT2D eigenvalue weighted by atomic mass is 19.1. The van der Waals surface area contributed by atoms with Gasteiger partial charge in [0.05, 0.1) is 11.2 Å². The summed E-state index contributed by atoms with van der Waals surface area (Å²) in [6, 6.07) is 13.0. The monoisotopic (exact) mass is 279 g/mol. The van der Waals surface area contributed by atoms with Crippen molar-refractivity contribution in [2.24, 2.45) is 0 Å². The highest BCUT2D eigenvalue weighted by Gasteiger charge is 2.12. The molecule has 0 atom stereocenters. The van der Waals surface area contributed by atoms with E-state index in [0.717, 1.165) is 0 Å². The molecule has 2 N–H and O–H groups in total. The lowest BCUT2D eigenvalue weighted by atomic mass is 10.1. The maximum Gasteiger partial charge on any atom is 0.148 e. The van der Waals surface area contributed by atoms with Crippen LogP contribution in [0.5, 0.6) is 11.5 Å². The number of benzene rings is 2. The fourth-order valence-electron chi connectivity index (χ4n) is 2.08. The first-order chi connectivity index (χ1) is 10.2. The second kappa shape index (κ2) is 5.10. The molecule has 21 heavy (non-hydrogen) atoms.